The molecule has 0 aromatic carbocycles. The zero-order chi connectivity index (χ0) is 9.84. The van der Waals surface area contributed by atoms with Gasteiger partial charge in [0.15, 0.2) is 0 Å². The van der Waals surface area contributed by atoms with Gasteiger partial charge in [-0.25, -0.2) is 0 Å². The van der Waals surface area contributed by atoms with Crippen molar-refractivity contribution < 1.29 is 15.0 Å². The third-order valence-corrected chi connectivity index (χ3v) is 1.57. The molecule has 13 heavy (non-hydrogen) atoms. The lowest BCUT2D eigenvalue weighted by Crippen LogP contribution is -2.14. The molecule has 5 heteroatoms. The minimum Gasteiger partial charge on any atom is -0.506 e. The third kappa shape index (κ3) is 2.72. The minimum atomic E-state index is -0.976. The molecular weight excluding hydrogens is 172 g/mol. The molecule has 0 bridgehead atoms. The highest BCUT2D eigenvalue weighted by atomic mass is 16.4. The second kappa shape index (κ2) is 3.86. The maximum absolute atomic E-state index is 10.3. The Morgan fingerprint density at radius 3 is 2.85 bits per heavy atom. The molecule has 4 N–H and O–H groups in total. The number of nitrogens with zero attached hydrogens (tertiary/aromatic N) is 1. The van der Waals surface area contributed by atoms with E-state index in [0.717, 1.165) is 0 Å². The van der Waals surface area contributed by atoms with Crippen LogP contribution in [-0.4, -0.2) is 21.2 Å². The maximum atomic E-state index is 10.3. The van der Waals surface area contributed by atoms with Gasteiger partial charge >= 0.3 is 5.97 Å². The summed E-state index contributed by atoms with van der Waals surface area (Å²) in [6, 6.07) is 0.776. The van der Waals surface area contributed by atoms with Gasteiger partial charge in [-0.05, 0) is 11.6 Å². The standard InChI is InChI=1S/C8H10N2O3/c9-7(2-8(12)13)5-1-6(11)4-10-3-5/h1,3-4,7,11H,2,9H2,(H,12,13)/t7-/m1/s1. The van der Waals surface area contributed by atoms with Gasteiger partial charge in [-0.1, -0.05) is 0 Å². The normalized spacial score (nSPS) is 12.4. The van der Waals surface area contributed by atoms with E-state index in [1.165, 1.54) is 18.5 Å². The van der Waals surface area contributed by atoms with E-state index in [2.05, 4.69) is 4.98 Å². The summed E-state index contributed by atoms with van der Waals surface area (Å²) in [6.45, 7) is 0. The summed E-state index contributed by atoms with van der Waals surface area (Å²) in [5.74, 6) is -0.991. The number of aromatic nitrogens is 1. The molecule has 1 aromatic rings. The zero-order valence-corrected chi connectivity index (χ0v) is 6.84. The molecule has 0 aliphatic heterocycles. The van der Waals surface area contributed by atoms with E-state index in [9.17, 15) is 4.79 Å². The highest BCUT2D eigenvalue weighted by molar-refractivity contribution is 5.67. The largest absolute Gasteiger partial charge is 0.506 e. The van der Waals surface area contributed by atoms with Crippen LogP contribution in [0.25, 0.3) is 0 Å². The SMILES string of the molecule is N[C@H](CC(=O)O)c1cncc(O)c1. The van der Waals surface area contributed by atoms with E-state index in [-0.39, 0.29) is 12.2 Å². The molecule has 1 heterocycles. The molecule has 70 valence electrons. The number of nitrogens with two attached hydrogens (primary N) is 1. The predicted molar refractivity (Wildman–Crippen MR) is 45.1 cm³/mol. The van der Waals surface area contributed by atoms with Crippen molar-refractivity contribution in [3.63, 3.8) is 0 Å². The van der Waals surface area contributed by atoms with Crippen molar-refractivity contribution in [1.29, 1.82) is 0 Å². The van der Waals surface area contributed by atoms with Crippen molar-refractivity contribution >= 4 is 5.97 Å². The topological polar surface area (TPSA) is 96.4 Å². The van der Waals surface area contributed by atoms with Crippen LogP contribution in [0.5, 0.6) is 5.75 Å². The van der Waals surface area contributed by atoms with E-state index in [4.69, 9.17) is 15.9 Å². The Balaban J connectivity index is 2.76. The first-order valence-electron chi connectivity index (χ1n) is 3.71. The molecule has 0 amide bonds. The van der Waals surface area contributed by atoms with Crippen molar-refractivity contribution in [3.8, 4) is 5.75 Å². The molecule has 0 saturated carbocycles. The number of carboxylic acids is 1. The average molecular weight is 182 g/mol. The summed E-state index contributed by atoms with van der Waals surface area (Å²) >= 11 is 0. The summed E-state index contributed by atoms with van der Waals surface area (Å²) in [4.78, 5) is 14.0. The van der Waals surface area contributed by atoms with Gasteiger partial charge in [-0.2, -0.15) is 0 Å². The van der Waals surface area contributed by atoms with Crippen LogP contribution < -0.4 is 5.73 Å². The minimum absolute atomic E-state index is 0.0154. The Kier molecular flexibility index (Phi) is 2.81. The molecule has 5 nitrogen and oxygen atoms in total. The van der Waals surface area contributed by atoms with Gasteiger partial charge in [-0.15, -0.1) is 0 Å². The van der Waals surface area contributed by atoms with Crippen LogP contribution in [0.2, 0.25) is 0 Å². The Labute approximate surface area is 74.8 Å². The van der Waals surface area contributed by atoms with E-state index in [0.29, 0.717) is 5.56 Å². The first-order valence-corrected chi connectivity index (χ1v) is 3.71. The van der Waals surface area contributed by atoms with Crippen LogP contribution in [-0.2, 0) is 4.79 Å². The fourth-order valence-electron chi connectivity index (χ4n) is 0.954. The molecule has 0 aliphatic rings. The molecule has 0 aliphatic carbocycles. The molecule has 0 spiro atoms. The molecule has 0 fully saturated rings. The Bertz CT molecular complexity index is 314. The van der Waals surface area contributed by atoms with Crippen molar-refractivity contribution in [3.05, 3.63) is 24.0 Å². The number of carbonyl (C=O) groups is 1. The summed E-state index contributed by atoms with van der Waals surface area (Å²) in [7, 11) is 0. The number of aromatic hydroxyl groups is 1. The van der Waals surface area contributed by atoms with Crippen LogP contribution in [0.3, 0.4) is 0 Å². The fraction of sp³-hybridized carbons (Fsp3) is 0.250. The number of hydrogen-bond acceptors (Lipinski definition) is 4. The van der Waals surface area contributed by atoms with E-state index in [1.807, 2.05) is 0 Å². The zero-order valence-electron chi connectivity index (χ0n) is 6.84. The molecule has 1 atom stereocenters. The van der Waals surface area contributed by atoms with Gasteiger partial charge in [-0.3, -0.25) is 9.78 Å². The molecule has 1 rings (SSSR count). The molecule has 0 saturated heterocycles. The van der Waals surface area contributed by atoms with Gasteiger partial charge in [0.25, 0.3) is 0 Å². The smallest absolute Gasteiger partial charge is 0.305 e. The summed E-state index contributed by atoms with van der Waals surface area (Å²) in [6.07, 6.45) is 2.52. The summed E-state index contributed by atoms with van der Waals surface area (Å²) < 4.78 is 0. The number of hydrogen-bond donors (Lipinski definition) is 3. The number of pyridine rings is 1. The Morgan fingerprint density at radius 2 is 2.31 bits per heavy atom. The van der Waals surface area contributed by atoms with Gasteiger partial charge in [0.05, 0.1) is 12.6 Å². The lowest BCUT2D eigenvalue weighted by molar-refractivity contribution is -0.137. The summed E-state index contributed by atoms with van der Waals surface area (Å²) in [5.41, 5.74) is 6.05. The average Bonchev–Trinajstić information content (AvgIpc) is 2.03. The first-order chi connectivity index (χ1) is 6.09. The van der Waals surface area contributed by atoms with E-state index >= 15 is 0 Å². The van der Waals surface area contributed by atoms with Gasteiger partial charge in [0.2, 0.25) is 0 Å². The van der Waals surface area contributed by atoms with Crippen LogP contribution in [0.15, 0.2) is 18.5 Å². The molecule has 0 radical (unpaired) electrons. The van der Waals surface area contributed by atoms with Crippen molar-refractivity contribution in [1.82, 2.24) is 4.98 Å². The lowest BCUT2D eigenvalue weighted by atomic mass is 10.1. The van der Waals surface area contributed by atoms with Crippen LogP contribution in [0, 0.1) is 0 Å². The number of carboxylic acid groups (broad SMARTS) is 1. The van der Waals surface area contributed by atoms with Crippen LogP contribution in [0.4, 0.5) is 0 Å². The van der Waals surface area contributed by atoms with Crippen LogP contribution in [0.1, 0.15) is 18.0 Å². The molecule has 0 unspecified atom stereocenters. The Morgan fingerprint density at radius 1 is 1.62 bits per heavy atom. The van der Waals surface area contributed by atoms with Crippen molar-refractivity contribution in [2.45, 2.75) is 12.5 Å². The lowest BCUT2D eigenvalue weighted by Gasteiger charge is -2.08. The second-order valence-electron chi connectivity index (χ2n) is 2.68. The first kappa shape index (κ1) is 9.47. The second-order valence-corrected chi connectivity index (χ2v) is 2.68. The third-order valence-electron chi connectivity index (χ3n) is 1.57. The monoisotopic (exact) mass is 182 g/mol. The van der Waals surface area contributed by atoms with Gasteiger partial charge in [0, 0.05) is 12.2 Å². The Hall–Kier alpha value is -1.62. The van der Waals surface area contributed by atoms with Gasteiger partial charge < -0.3 is 15.9 Å². The fourth-order valence-corrected chi connectivity index (χ4v) is 0.954. The number of rotatable bonds is 3. The maximum Gasteiger partial charge on any atom is 0.305 e. The number of aliphatic carboxylic acids is 1. The van der Waals surface area contributed by atoms with Crippen LogP contribution >= 0.6 is 0 Å². The van der Waals surface area contributed by atoms with Crippen molar-refractivity contribution in [2.75, 3.05) is 0 Å². The molecule has 1 aromatic heterocycles. The quantitative estimate of drug-likeness (QED) is 0.623. The molecular formula is C8H10N2O3. The van der Waals surface area contributed by atoms with Crippen molar-refractivity contribution in [2.24, 2.45) is 5.73 Å². The summed E-state index contributed by atoms with van der Waals surface area (Å²) in [5, 5.41) is 17.5. The van der Waals surface area contributed by atoms with Gasteiger partial charge in [0.1, 0.15) is 5.75 Å². The highest BCUT2D eigenvalue weighted by Gasteiger charge is 2.10. The predicted octanol–water partition coefficient (Wildman–Crippen LogP) is 0.262. The van der Waals surface area contributed by atoms with E-state index in [1.54, 1.807) is 0 Å². The highest BCUT2D eigenvalue weighted by Crippen LogP contribution is 2.16. The van der Waals surface area contributed by atoms with E-state index < -0.39 is 12.0 Å².